The second-order valence-corrected chi connectivity index (χ2v) is 5.78. The Morgan fingerprint density at radius 1 is 1.10 bits per heavy atom. The van der Waals surface area contributed by atoms with Crippen LogP contribution in [0.2, 0.25) is 0 Å². The fraction of sp³-hybridized carbons (Fsp3) is 0.250. The fourth-order valence-electron chi connectivity index (χ4n) is 1.93. The molecular formula is C16H16O4S. The number of hydrogen-bond acceptors (Lipinski definition) is 4. The molecule has 0 spiro atoms. The Kier molecular flexibility index (Phi) is 5.11. The third-order valence-electron chi connectivity index (χ3n) is 2.92. The molecule has 1 aromatic carbocycles. The van der Waals surface area contributed by atoms with Gasteiger partial charge in [-0.2, -0.15) is 0 Å². The molecule has 0 atom stereocenters. The number of hydrogen-bond donors (Lipinski definition) is 1. The molecule has 0 aliphatic carbocycles. The average Bonchev–Trinajstić information content (AvgIpc) is 2.86. The topological polar surface area (TPSA) is 63.6 Å². The first-order chi connectivity index (χ1) is 10.1. The second kappa shape index (κ2) is 7.04. The van der Waals surface area contributed by atoms with Gasteiger partial charge in [-0.3, -0.25) is 4.79 Å². The Bertz CT molecular complexity index is 628. The molecule has 0 saturated carbocycles. The van der Waals surface area contributed by atoms with Crippen molar-refractivity contribution >= 4 is 23.3 Å². The molecule has 1 aromatic heterocycles. The SMILES string of the molecule is CCOC(=O)Cc1ccc(Cc2ccc(C(=O)O)cc2)s1. The third kappa shape index (κ3) is 4.43. The summed E-state index contributed by atoms with van der Waals surface area (Å²) in [5, 5.41) is 8.85. The molecule has 0 fully saturated rings. The highest BCUT2D eigenvalue weighted by atomic mass is 32.1. The zero-order valence-electron chi connectivity index (χ0n) is 11.7. The lowest BCUT2D eigenvalue weighted by atomic mass is 10.1. The summed E-state index contributed by atoms with van der Waals surface area (Å²) in [6, 6.07) is 10.8. The first-order valence-electron chi connectivity index (χ1n) is 6.64. The van der Waals surface area contributed by atoms with Crippen LogP contribution in [0.25, 0.3) is 0 Å². The van der Waals surface area contributed by atoms with E-state index in [4.69, 9.17) is 9.84 Å². The maximum absolute atomic E-state index is 11.4. The van der Waals surface area contributed by atoms with Crippen molar-refractivity contribution in [3.05, 3.63) is 57.3 Å². The average molecular weight is 304 g/mol. The number of carboxylic acid groups (broad SMARTS) is 1. The number of benzene rings is 1. The minimum Gasteiger partial charge on any atom is -0.478 e. The summed E-state index contributed by atoms with van der Waals surface area (Å²) in [5.74, 6) is -1.13. The van der Waals surface area contributed by atoms with Crippen molar-refractivity contribution in [3.8, 4) is 0 Å². The minimum atomic E-state index is -0.922. The van der Waals surface area contributed by atoms with Gasteiger partial charge in [0.15, 0.2) is 0 Å². The highest BCUT2D eigenvalue weighted by Crippen LogP contribution is 2.21. The molecule has 0 bridgehead atoms. The summed E-state index contributed by atoms with van der Waals surface area (Å²) in [6.45, 7) is 2.19. The van der Waals surface area contributed by atoms with Crippen LogP contribution in [-0.2, 0) is 22.4 Å². The van der Waals surface area contributed by atoms with Gasteiger partial charge in [0, 0.05) is 16.2 Å². The van der Waals surface area contributed by atoms with Crippen LogP contribution < -0.4 is 0 Å². The molecule has 0 aliphatic heterocycles. The van der Waals surface area contributed by atoms with Gasteiger partial charge in [0.05, 0.1) is 18.6 Å². The molecule has 2 rings (SSSR count). The molecule has 0 aliphatic rings. The van der Waals surface area contributed by atoms with Gasteiger partial charge in [0.25, 0.3) is 0 Å². The van der Waals surface area contributed by atoms with Crippen LogP contribution >= 0.6 is 11.3 Å². The number of aromatic carboxylic acids is 1. The Morgan fingerprint density at radius 3 is 2.38 bits per heavy atom. The number of esters is 1. The van der Waals surface area contributed by atoms with Crippen LogP contribution in [0, 0.1) is 0 Å². The molecule has 0 amide bonds. The second-order valence-electron chi connectivity index (χ2n) is 4.53. The molecule has 0 saturated heterocycles. The summed E-state index contributed by atoms with van der Waals surface area (Å²) in [5.41, 5.74) is 1.33. The molecule has 110 valence electrons. The van der Waals surface area contributed by atoms with Crippen molar-refractivity contribution in [2.75, 3.05) is 6.61 Å². The van der Waals surface area contributed by atoms with E-state index < -0.39 is 5.97 Å². The van der Waals surface area contributed by atoms with E-state index in [1.54, 1.807) is 30.4 Å². The van der Waals surface area contributed by atoms with E-state index in [0.717, 1.165) is 21.7 Å². The Morgan fingerprint density at radius 2 is 1.76 bits per heavy atom. The summed E-state index contributed by atoms with van der Waals surface area (Å²) in [7, 11) is 0. The standard InChI is InChI=1S/C16H16O4S/c1-2-20-15(17)10-14-8-7-13(21-14)9-11-3-5-12(6-4-11)16(18)19/h3-8H,2,9-10H2,1H3,(H,18,19). The fourth-order valence-corrected chi connectivity index (χ4v) is 2.97. The summed E-state index contributed by atoms with van der Waals surface area (Å²) < 4.78 is 4.92. The van der Waals surface area contributed by atoms with Gasteiger partial charge < -0.3 is 9.84 Å². The Labute approximate surface area is 127 Å². The van der Waals surface area contributed by atoms with Gasteiger partial charge in [-0.05, 0) is 36.8 Å². The van der Waals surface area contributed by atoms with Gasteiger partial charge >= 0.3 is 11.9 Å². The molecule has 0 radical (unpaired) electrons. The summed E-state index contributed by atoms with van der Waals surface area (Å²) >= 11 is 1.58. The zero-order valence-corrected chi connectivity index (χ0v) is 12.5. The van der Waals surface area contributed by atoms with Crippen molar-refractivity contribution in [2.24, 2.45) is 0 Å². The van der Waals surface area contributed by atoms with Crippen LogP contribution in [0.1, 0.15) is 32.6 Å². The van der Waals surface area contributed by atoms with Crippen molar-refractivity contribution in [1.82, 2.24) is 0 Å². The van der Waals surface area contributed by atoms with Crippen LogP contribution in [0.5, 0.6) is 0 Å². The molecule has 2 aromatic rings. The summed E-state index contributed by atoms with van der Waals surface area (Å²) in [4.78, 5) is 24.3. The van der Waals surface area contributed by atoms with E-state index in [-0.39, 0.29) is 11.5 Å². The first kappa shape index (κ1) is 15.3. The van der Waals surface area contributed by atoms with Crippen molar-refractivity contribution in [3.63, 3.8) is 0 Å². The van der Waals surface area contributed by atoms with Gasteiger partial charge in [-0.1, -0.05) is 12.1 Å². The first-order valence-corrected chi connectivity index (χ1v) is 7.45. The highest BCUT2D eigenvalue weighted by Gasteiger charge is 2.08. The molecule has 1 N–H and O–H groups in total. The van der Waals surface area contributed by atoms with Crippen LogP contribution in [-0.4, -0.2) is 23.7 Å². The van der Waals surface area contributed by atoms with E-state index in [1.165, 1.54) is 0 Å². The van der Waals surface area contributed by atoms with E-state index in [1.807, 2.05) is 24.3 Å². The zero-order chi connectivity index (χ0) is 15.2. The maximum Gasteiger partial charge on any atom is 0.335 e. The minimum absolute atomic E-state index is 0.211. The molecule has 4 nitrogen and oxygen atoms in total. The predicted octanol–water partition coefficient (Wildman–Crippen LogP) is 3.14. The largest absolute Gasteiger partial charge is 0.478 e. The molecule has 5 heteroatoms. The lowest BCUT2D eigenvalue weighted by Gasteiger charge is -2.00. The molecule has 21 heavy (non-hydrogen) atoms. The van der Waals surface area contributed by atoms with Crippen molar-refractivity contribution < 1.29 is 19.4 Å². The van der Waals surface area contributed by atoms with E-state index in [2.05, 4.69) is 0 Å². The Balaban J connectivity index is 1.98. The Hall–Kier alpha value is -2.14. The van der Waals surface area contributed by atoms with Gasteiger partial charge in [0.1, 0.15) is 0 Å². The number of carbonyl (C=O) groups is 2. The third-order valence-corrected chi connectivity index (χ3v) is 4.01. The molecule has 0 unspecified atom stereocenters. The van der Waals surface area contributed by atoms with E-state index in [0.29, 0.717) is 13.0 Å². The van der Waals surface area contributed by atoms with Crippen LogP contribution in [0.4, 0.5) is 0 Å². The number of thiophene rings is 1. The molecular weight excluding hydrogens is 288 g/mol. The smallest absolute Gasteiger partial charge is 0.335 e. The van der Waals surface area contributed by atoms with Gasteiger partial charge in [-0.25, -0.2) is 4.79 Å². The predicted molar refractivity (Wildman–Crippen MR) is 80.9 cm³/mol. The summed E-state index contributed by atoms with van der Waals surface area (Å²) in [6.07, 6.45) is 1.03. The van der Waals surface area contributed by atoms with E-state index >= 15 is 0 Å². The number of carbonyl (C=O) groups excluding carboxylic acids is 1. The number of rotatable bonds is 6. The van der Waals surface area contributed by atoms with Gasteiger partial charge in [0.2, 0.25) is 0 Å². The van der Waals surface area contributed by atoms with Crippen LogP contribution in [0.15, 0.2) is 36.4 Å². The van der Waals surface area contributed by atoms with E-state index in [9.17, 15) is 9.59 Å². The number of carboxylic acids is 1. The number of ether oxygens (including phenoxy) is 1. The maximum atomic E-state index is 11.4. The molecule has 1 heterocycles. The normalized spacial score (nSPS) is 10.3. The quantitative estimate of drug-likeness (QED) is 0.833. The van der Waals surface area contributed by atoms with Crippen molar-refractivity contribution in [1.29, 1.82) is 0 Å². The van der Waals surface area contributed by atoms with Gasteiger partial charge in [-0.15, -0.1) is 11.3 Å². The van der Waals surface area contributed by atoms with Crippen LogP contribution in [0.3, 0.4) is 0 Å². The highest BCUT2D eigenvalue weighted by molar-refractivity contribution is 7.12. The van der Waals surface area contributed by atoms with Crippen molar-refractivity contribution in [2.45, 2.75) is 19.8 Å². The monoisotopic (exact) mass is 304 g/mol. The lowest BCUT2D eigenvalue weighted by Crippen LogP contribution is -2.06. The lowest BCUT2D eigenvalue weighted by molar-refractivity contribution is -0.142.